The molecule has 1 heterocycles. The number of rotatable bonds is 5. The van der Waals surface area contributed by atoms with Crippen molar-refractivity contribution in [2.24, 2.45) is 5.41 Å². The number of nitrogens with zero attached hydrogens (tertiary/aromatic N) is 3. The summed E-state index contributed by atoms with van der Waals surface area (Å²) in [7, 11) is 0. The molecule has 1 N–H and O–H groups in total. The first-order valence-electron chi connectivity index (χ1n) is 7.33. The van der Waals surface area contributed by atoms with E-state index in [1.165, 1.54) is 6.20 Å². The third kappa shape index (κ3) is 4.03. The van der Waals surface area contributed by atoms with Crippen molar-refractivity contribution in [1.82, 2.24) is 9.97 Å². The molecule has 0 aliphatic heterocycles. The first-order chi connectivity index (χ1) is 9.91. The molecule has 0 bridgehead atoms. The second kappa shape index (κ2) is 6.24. The van der Waals surface area contributed by atoms with E-state index in [0.717, 1.165) is 25.7 Å². The second-order valence-electron chi connectivity index (χ2n) is 6.15. The normalized spacial score (nSPS) is 18.2. The summed E-state index contributed by atoms with van der Waals surface area (Å²) in [6.45, 7) is 7.03. The number of aromatic nitrogens is 2. The van der Waals surface area contributed by atoms with Crippen molar-refractivity contribution < 1.29 is 9.66 Å². The zero-order valence-electron chi connectivity index (χ0n) is 12.8. The SMILES string of the molecule is CCNc1ncc([N+](=O)[O-])c(OC2CCC(C)(C)CC2)n1. The lowest BCUT2D eigenvalue weighted by atomic mass is 9.76. The van der Waals surface area contributed by atoms with Gasteiger partial charge in [-0.2, -0.15) is 4.98 Å². The molecule has 0 spiro atoms. The maximum Gasteiger partial charge on any atom is 0.349 e. The molecule has 1 saturated carbocycles. The molecule has 0 radical (unpaired) electrons. The van der Waals surface area contributed by atoms with Crippen molar-refractivity contribution in [1.29, 1.82) is 0 Å². The van der Waals surface area contributed by atoms with Crippen LogP contribution >= 0.6 is 0 Å². The van der Waals surface area contributed by atoms with Crippen LogP contribution in [-0.4, -0.2) is 27.5 Å². The molecule has 1 fully saturated rings. The van der Waals surface area contributed by atoms with E-state index < -0.39 is 4.92 Å². The fraction of sp³-hybridized carbons (Fsp3) is 0.714. The van der Waals surface area contributed by atoms with Crippen LogP contribution in [0.5, 0.6) is 5.88 Å². The van der Waals surface area contributed by atoms with Crippen LogP contribution in [0.15, 0.2) is 6.20 Å². The Balaban J connectivity index is 2.13. The molecule has 2 rings (SSSR count). The van der Waals surface area contributed by atoms with E-state index in [1.54, 1.807) is 0 Å². The minimum atomic E-state index is -0.502. The van der Waals surface area contributed by atoms with E-state index in [9.17, 15) is 10.1 Å². The minimum Gasteiger partial charge on any atom is -0.469 e. The summed E-state index contributed by atoms with van der Waals surface area (Å²) in [4.78, 5) is 18.6. The van der Waals surface area contributed by atoms with Crippen LogP contribution in [0.4, 0.5) is 11.6 Å². The molecule has 1 aliphatic carbocycles. The fourth-order valence-electron chi connectivity index (χ4n) is 2.46. The highest BCUT2D eigenvalue weighted by Crippen LogP contribution is 2.37. The lowest BCUT2D eigenvalue weighted by Crippen LogP contribution is -2.28. The van der Waals surface area contributed by atoms with E-state index in [2.05, 4.69) is 29.1 Å². The van der Waals surface area contributed by atoms with Gasteiger partial charge in [-0.05, 0) is 38.0 Å². The Morgan fingerprint density at radius 1 is 1.48 bits per heavy atom. The van der Waals surface area contributed by atoms with Gasteiger partial charge in [-0.1, -0.05) is 13.8 Å². The fourth-order valence-corrected chi connectivity index (χ4v) is 2.46. The van der Waals surface area contributed by atoms with Gasteiger partial charge in [0.1, 0.15) is 12.3 Å². The van der Waals surface area contributed by atoms with Gasteiger partial charge in [0.25, 0.3) is 5.88 Å². The highest BCUT2D eigenvalue weighted by Gasteiger charge is 2.30. The van der Waals surface area contributed by atoms with Gasteiger partial charge in [0.15, 0.2) is 0 Å². The molecule has 1 aromatic rings. The van der Waals surface area contributed by atoms with Crippen molar-refractivity contribution >= 4 is 11.6 Å². The lowest BCUT2D eigenvalue weighted by Gasteiger charge is -2.33. The predicted molar refractivity (Wildman–Crippen MR) is 79.5 cm³/mol. The summed E-state index contributed by atoms with van der Waals surface area (Å²) in [5, 5.41) is 14.0. The summed E-state index contributed by atoms with van der Waals surface area (Å²) in [6.07, 6.45) is 5.08. The molecular formula is C14H22N4O3. The third-order valence-corrected chi connectivity index (χ3v) is 3.83. The highest BCUT2D eigenvalue weighted by molar-refractivity contribution is 5.43. The molecule has 1 aliphatic rings. The Labute approximate surface area is 124 Å². The molecule has 0 saturated heterocycles. The van der Waals surface area contributed by atoms with Crippen molar-refractivity contribution in [2.75, 3.05) is 11.9 Å². The van der Waals surface area contributed by atoms with Gasteiger partial charge in [0, 0.05) is 6.54 Å². The van der Waals surface area contributed by atoms with E-state index in [-0.39, 0.29) is 17.7 Å². The van der Waals surface area contributed by atoms with Crippen LogP contribution in [0.3, 0.4) is 0 Å². The number of hydrogen-bond donors (Lipinski definition) is 1. The first kappa shape index (κ1) is 15.5. The molecular weight excluding hydrogens is 272 g/mol. The Bertz CT molecular complexity index is 509. The van der Waals surface area contributed by atoms with E-state index >= 15 is 0 Å². The van der Waals surface area contributed by atoms with Gasteiger partial charge in [-0.15, -0.1) is 0 Å². The van der Waals surface area contributed by atoms with Gasteiger partial charge < -0.3 is 10.1 Å². The number of nitrogens with one attached hydrogen (secondary N) is 1. The van der Waals surface area contributed by atoms with Crippen LogP contribution in [-0.2, 0) is 0 Å². The first-order valence-corrected chi connectivity index (χ1v) is 7.33. The topological polar surface area (TPSA) is 90.2 Å². The van der Waals surface area contributed by atoms with E-state index in [0.29, 0.717) is 17.9 Å². The van der Waals surface area contributed by atoms with Crippen molar-refractivity contribution in [3.8, 4) is 5.88 Å². The molecule has 0 aromatic carbocycles. The summed E-state index contributed by atoms with van der Waals surface area (Å²) in [6, 6.07) is 0. The maximum atomic E-state index is 11.1. The summed E-state index contributed by atoms with van der Waals surface area (Å²) < 4.78 is 5.80. The zero-order valence-corrected chi connectivity index (χ0v) is 12.8. The van der Waals surface area contributed by atoms with E-state index in [4.69, 9.17) is 4.74 Å². The smallest absolute Gasteiger partial charge is 0.349 e. The number of ether oxygens (including phenoxy) is 1. The molecule has 0 atom stereocenters. The average Bonchev–Trinajstić information content (AvgIpc) is 2.41. The third-order valence-electron chi connectivity index (χ3n) is 3.83. The van der Waals surface area contributed by atoms with Crippen LogP contribution in [0.2, 0.25) is 0 Å². The van der Waals surface area contributed by atoms with E-state index in [1.807, 2.05) is 6.92 Å². The summed E-state index contributed by atoms with van der Waals surface area (Å²) in [5.74, 6) is 0.421. The van der Waals surface area contributed by atoms with Crippen LogP contribution in [0, 0.1) is 15.5 Å². The van der Waals surface area contributed by atoms with Gasteiger partial charge >= 0.3 is 5.69 Å². The number of nitro groups is 1. The largest absolute Gasteiger partial charge is 0.469 e. The van der Waals surface area contributed by atoms with Crippen LogP contribution < -0.4 is 10.1 Å². The molecule has 0 unspecified atom stereocenters. The van der Waals surface area contributed by atoms with Crippen LogP contribution in [0.1, 0.15) is 46.5 Å². The van der Waals surface area contributed by atoms with Gasteiger partial charge in [-0.3, -0.25) is 10.1 Å². The second-order valence-corrected chi connectivity index (χ2v) is 6.15. The van der Waals surface area contributed by atoms with Gasteiger partial charge in [0.05, 0.1) is 4.92 Å². The van der Waals surface area contributed by atoms with Crippen molar-refractivity contribution in [2.45, 2.75) is 52.6 Å². The minimum absolute atomic E-state index is 0.0129. The molecule has 21 heavy (non-hydrogen) atoms. The standard InChI is InChI=1S/C14H22N4O3/c1-4-15-13-16-9-11(18(19)20)12(17-13)21-10-5-7-14(2,3)8-6-10/h9-10H,4-8H2,1-3H3,(H,15,16,17). The van der Waals surface area contributed by atoms with Crippen molar-refractivity contribution in [3.05, 3.63) is 16.3 Å². The number of anilines is 1. The zero-order chi connectivity index (χ0) is 15.5. The Kier molecular flexibility index (Phi) is 4.59. The summed E-state index contributed by atoms with van der Waals surface area (Å²) in [5.41, 5.74) is 0.147. The Morgan fingerprint density at radius 3 is 2.71 bits per heavy atom. The quantitative estimate of drug-likeness (QED) is 0.662. The average molecular weight is 294 g/mol. The predicted octanol–water partition coefficient (Wildman–Crippen LogP) is 3.16. The summed E-state index contributed by atoms with van der Waals surface area (Å²) >= 11 is 0. The van der Waals surface area contributed by atoms with Crippen molar-refractivity contribution in [3.63, 3.8) is 0 Å². The molecule has 116 valence electrons. The number of hydrogen-bond acceptors (Lipinski definition) is 6. The lowest BCUT2D eigenvalue weighted by molar-refractivity contribution is -0.386. The highest BCUT2D eigenvalue weighted by atomic mass is 16.6. The maximum absolute atomic E-state index is 11.1. The Morgan fingerprint density at radius 2 is 2.14 bits per heavy atom. The molecule has 7 heteroatoms. The van der Waals surface area contributed by atoms with Gasteiger partial charge in [-0.25, -0.2) is 4.98 Å². The van der Waals surface area contributed by atoms with Crippen LogP contribution in [0.25, 0.3) is 0 Å². The monoisotopic (exact) mass is 294 g/mol. The Hall–Kier alpha value is -1.92. The molecule has 1 aromatic heterocycles. The molecule has 0 amide bonds. The van der Waals surface area contributed by atoms with Gasteiger partial charge in [0.2, 0.25) is 5.95 Å². The molecule has 7 nitrogen and oxygen atoms in total.